The molecule has 0 radical (unpaired) electrons. The Hall–Kier alpha value is -1.37. The average molecular weight is 204 g/mol. The molecule has 2 atom stereocenters. The number of hydrogen-bond acceptors (Lipinski definition) is 3. The molecular weight excluding hydrogens is 188 g/mol. The van der Waals surface area contributed by atoms with Gasteiger partial charge in [0.25, 0.3) is 0 Å². The number of aliphatic hydroxyl groups is 1. The minimum atomic E-state index is 0.0609. The van der Waals surface area contributed by atoms with Crippen molar-refractivity contribution in [2.45, 2.75) is 25.9 Å². The van der Waals surface area contributed by atoms with E-state index in [1.165, 1.54) is 0 Å². The summed E-state index contributed by atoms with van der Waals surface area (Å²) in [5, 5.41) is 20.9. The molecule has 0 aliphatic rings. The molecule has 0 amide bonds. The number of nitriles is 1. The van der Waals surface area contributed by atoms with Crippen LogP contribution >= 0.6 is 0 Å². The lowest BCUT2D eigenvalue weighted by Crippen LogP contribution is -2.31. The first-order chi connectivity index (χ1) is 7.17. The van der Waals surface area contributed by atoms with Gasteiger partial charge >= 0.3 is 0 Å². The van der Waals surface area contributed by atoms with Crippen LogP contribution in [0, 0.1) is 11.3 Å². The third-order valence-electron chi connectivity index (χ3n) is 2.32. The van der Waals surface area contributed by atoms with Crippen molar-refractivity contribution in [3.8, 4) is 6.07 Å². The smallest absolute Gasteiger partial charge is 0.0991 e. The van der Waals surface area contributed by atoms with Gasteiger partial charge in [0.2, 0.25) is 0 Å². The van der Waals surface area contributed by atoms with E-state index < -0.39 is 0 Å². The molecular formula is C12H16N2O. The van der Waals surface area contributed by atoms with Gasteiger partial charge in [0.05, 0.1) is 18.2 Å². The van der Waals surface area contributed by atoms with Crippen LogP contribution < -0.4 is 5.32 Å². The van der Waals surface area contributed by atoms with Crippen molar-refractivity contribution in [1.29, 1.82) is 5.26 Å². The fourth-order valence-corrected chi connectivity index (χ4v) is 1.45. The van der Waals surface area contributed by atoms with E-state index in [2.05, 4.69) is 11.4 Å². The van der Waals surface area contributed by atoms with Crippen molar-refractivity contribution in [3.05, 3.63) is 35.4 Å². The second-order valence-electron chi connectivity index (χ2n) is 3.71. The Balaban J connectivity index is 2.73. The van der Waals surface area contributed by atoms with Crippen molar-refractivity contribution in [2.75, 3.05) is 6.61 Å². The van der Waals surface area contributed by atoms with Crippen molar-refractivity contribution < 1.29 is 5.11 Å². The molecule has 1 rings (SSSR count). The Labute approximate surface area is 90.4 Å². The normalized spacial score (nSPS) is 14.3. The minimum absolute atomic E-state index is 0.0609. The zero-order chi connectivity index (χ0) is 11.3. The van der Waals surface area contributed by atoms with Crippen LogP contribution in [-0.2, 0) is 0 Å². The predicted molar refractivity (Wildman–Crippen MR) is 59.3 cm³/mol. The molecule has 2 N–H and O–H groups in total. The summed E-state index contributed by atoms with van der Waals surface area (Å²) in [5.41, 5.74) is 1.73. The zero-order valence-corrected chi connectivity index (χ0v) is 9.07. The third-order valence-corrected chi connectivity index (χ3v) is 2.32. The highest BCUT2D eigenvalue weighted by Crippen LogP contribution is 2.14. The van der Waals surface area contributed by atoms with Crippen LogP contribution in [0.15, 0.2) is 24.3 Å². The average Bonchev–Trinajstić information content (AvgIpc) is 2.28. The summed E-state index contributed by atoms with van der Waals surface area (Å²) in [5.74, 6) is 0. The van der Waals surface area contributed by atoms with Gasteiger partial charge in [-0.2, -0.15) is 5.26 Å². The van der Waals surface area contributed by atoms with Crippen molar-refractivity contribution in [3.63, 3.8) is 0 Å². The van der Waals surface area contributed by atoms with Crippen LogP contribution in [0.2, 0.25) is 0 Å². The van der Waals surface area contributed by atoms with E-state index in [1.807, 2.05) is 32.0 Å². The summed E-state index contributed by atoms with van der Waals surface area (Å²) in [4.78, 5) is 0. The number of aliphatic hydroxyl groups excluding tert-OH is 1. The second-order valence-corrected chi connectivity index (χ2v) is 3.71. The largest absolute Gasteiger partial charge is 0.395 e. The molecule has 80 valence electrons. The predicted octanol–water partition coefficient (Wildman–Crippen LogP) is 1.59. The first-order valence-corrected chi connectivity index (χ1v) is 5.04. The first kappa shape index (κ1) is 11.7. The standard InChI is InChI=1S/C12H16N2O/c1-9(8-15)14-10(2)12-5-3-4-11(6-12)7-13/h3-6,9-10,14-15H,8H2,1-2H3. The molecule has 0 heterocycles. The fraction of sp³-hybridized carbons (Fsp3) is 0.417. The topological polar surface area (TPSA) is 56.0 Å². The van der Waals surface area contributed by atoms with E-state index in [9.17, 15) is 0 Å². The molecule has 15 heavy (non-hydrogen) atoms. The van der Waals surface area contributed by atoms with Gasteiger partial charge < -0.3 is 10.4 Å². The van der Waals surface area contributed by atoms with Crippen LogP contribution in [0.4, 0.5) is 0 Å². The van der Waals surface area contributed by atoms with Crippen LogP contribution in [0.3, 0.4) is 0 Å². The zero-order valence-electron chi connectivity index (χ0n) is 9.07. The van der Waals surface area contributed by atoms with Gasteiger partial charge in [-0.15, -0.1) is 0 Å². The Morgan fingerprint density at radius 2 is 2.20 bits per heavy atom. The summed E-state index contributed by atoms with van der Waals surface area (Å²) in [7, 11) is 0. The second kappa shape index (κ2) is 5.50. The van der Waals surface area contributed by atoms with Crippen LogP contribution in [0.5, 0.6) is 0 Å². The molecule has 2 unspecified atom stereocenters. The molecule has 3 heteroatoms. The van der Waals surface area contributed by atoms with Crippen molar-refractivity contribution >= 4 is 0 Å². The summed E-state index contributed by atoms with van der Waals surface area (Å²) in [6.07, 6.45) is 0. The number of rotatable bonds is 4. The van der Waals surface area contributed by atoms with E-state index in [0.717, 1.165) is 5.56 Å². The van der Waals surface area contributed by atoms with Crippen molar-refractivity contribution in [1.82, 2.24) is 5.32 Å². The molecule has 1 aromatic carbocycles. The van der Waals surface area contributed by atoms with E-state index in [4.69, 9.17) is 10.4 Å². The van der Waals surface area contributed by atoms with Gasteiger partial charge in [-0.1, -0.05) is 12.1 Å². The molecule has 0 aromatic heterocycles. The molecule has 0 aliphatic carbocycles. The van der Waals surface area contributed by atoms with Gasteiger partial charge in [-0.05, 0) is 31.5 Å². The van der Waals surface area contributed by atoms with Gasteiger partial charge in [0.15, 0.2) is 0 Å². The SMILES string of the molecule is CC(CO)NC(C)c1cccc(C#N)c1. The van der Waals surface area contributed by atoms with Gasteiger partial charge in [0.1, 0.15) is 0 Å². The summed E-state index contributed by atoms with van der Waals surface area (Å²) >= 11 is 0. The highest BCUT2D eigenvalue weighted by Gasteiger charge is 2.08. The fourth-order valence-electron chi connectivity index (χ4n) is 1.45. The Morgan fingerprint density at radius 1 is 1.47 bits per heavy atom. The number of nitrogens with zero attached hydrogens (tertiary/aromatic N) is 1. The van der Waals surface area contributed by atoms with Crippen LogP contribution in [0.1, 0.15) is 31.0 Å². The lowest BCUT2D eigenvalue weighted by atomic mass is 10.1. The molecule has 3 nitrogen and oxygen atoms in total. The maximum Gasteiger partial charge on any atom is 0.0991 e. The maximum atomic E-state index is 8.92. The molecule has 0 fully saturated rings. The quantitative estimate of drug-likeness (QED) is 0.783. The van der Waals surface area contributed by atoms with Crippen LogP contribution in [-0.4, -0.2) is 17.8 Å². The van der Waals surface area contributed by atoms with Gasteiger partial charge in [-0.25, -0.2) is 0 Å². The van der Waals surface area contributed by atoms with Crippen molar-refractivity contribution in [2.24, 2.45) is 0 Å². The molecule has 1 aromatic rings. The lowest BCUT2D eigenvalue weighted by Gasteiger charge is -2.18. The number of nitrogens with one attached hydrogen (secondary N) is 1. The Kier molecular flexibility index (Phi) is 4.29. The molecule has 0 bridgehead atoms. The molecule has 0 spiro atoms. The summed E-state index contributed by atoms with van der Waals surface area (Å²) in [6.45, 7) is 4.05. The molecule has 0 aliphatic heterocycles. The molecule has 0 saturated heterocycles. The molecule has 0 saturated carbocycles. The number of hydrogen-bond donors (Lipinski definition) is 2. The maximum absolute atomic E-state index is 8.92. The highest BCUT2D eigenvalue weighted by atomic mass is 16.3. The monoisotopic (exact) mass is 204 g/mol. The lowest BCUT2D eigenvalue weighted by molar-refractivity contribution is 0.243. The van der Waals surface area contributed by atoms with E-state index >= 15 is 0 Å². The summed E-state index contributed by atoms with van der Waals surface area (Å²) < 4.78 is 0. The minimum Gasteiger partial charge on any atom is -0.395 e. The third kappa shape index (κ3) is 3.35. The van der Waals surface area contributed by atoms with Gasteiger partial charge in [0, 0.05) is 12.1 Å². The Bertz CT molecular complexity index is 357. The van der Waals surface area contributed by atoms with E-state index in [1.54, 1.807) is 6.07 Å². The Morgan fingerprint density at radius 3 is 2.80 bits per heavy atom. The summed E-state index contributed by atoms with van der Waals surface area (Å²) in [6, 6.07) is 9.80. The van der Waals surface area contributed by atoms with E-state index in [0.29, 0.717) is 5.56 Å². The first-order valence-electron chi connectivity index (χ1n) is 5.04. The number of benzene rings is 1. The van der Waals surface area contributed by atoms with Gasteiger partial charge in [-0.3, -0.25) is 0 Å². The highest BCUT2D eigenvalue weighted by molar-refractivity contribution is 5.34. The van der Waals surface area contributed by atoms with Crippen LogP contribution in [0.25, 0.3) is 0 Å². The van der Waals surface area contributed by atoms with E-state index in [-0.39, 0.29) is 18.7 Å².